The van der Waals surface area contributed by atoms with Gasteiger partial charge in [-0.05, 0) is 37.5 Å². The first-order valence-electron chi connectivity index (χ1n) is 7.32. The van der Waals surface area contributed by atoms with Gasteiger partial charge < -0.3 is 11.5 Å². The number of hydrogen-bond donors (Lipinski definition) is 2. The lowest BCUT2D eigenvalue weighted by molar-refractivity contribution is 0.653. The van der Waals surface area contributed by atoms with E-state index in [1.54, 1.807) is 12.4 Å². The standard InChI is InChI=1S/C14H28N6/c1-5-11(6-2)9-17-19-13(15)14(16)20-18-10-12(7-3)8-4/h9-12H,5-8H2,1-4H3,(H2,15,19)(H2,16,20)/b17-9-,18-10-. The Kier molecular flexibility index (Phi) is 10.2. The second-order valence-corrected chi connectivity index (χ2v) is 4.65. The largest absolute Gasteiger partial charge is 0.379 e. The molecule has 0 unspecified atom stereocenters. The van der Waals surface area contributed by atoms with Crippen molar-refractivity contribution in [1.29, 1.82) is 0 Å². The molecule has 0 aromatic rings. The number of nitrogens with zero attached hydrogens (tertiary/aromatic N) is 4. The van der Waals surface area contributed by atoms with Crippen LogP contribution in [0.1, 0.15) is 53.4 Å². The Bertz CT molecular complexity index is 326. The summed E-state index contributed by atoms with van der Waals surface area (Å²) in [7, 11) is 0. The van der Waals surface area contributed by atoms with Gasteiger partial charge in [0.15, 0.2) is 11.7 Å². The third-order valence-corrected chi connectivity index (χ3v) is 3.25. The summed E-state index contributed by atoms with van der Waals surface area (Å²) in [6.07, 6.45) is 7.68. The number of hydrogen-bond acceptors (Lipinski definition) is 4. The van der Waals surface area contributed by atoms with Gasteiger partial charge in [0, 0.05) is 12.4 Å². The molecule has 0 aliphatic heterocycles. The summed E-state index contributed by atoms with van der Waals surface area (Å²) in [6, 6.07) is 0. The molecule has 0 fully saturated rings. The number of amidine groups is 2. The molecule has 0 radical (unpaired) electrons. The molecule has 114 valence electrons. The lowest BCUT2D eigenvalue weighted by atomic mass is 10.1. The Hall–Kier alpha value is -1.72. The Labute approximate surface area is 122 Å². The highest BCUT2D eigenvalue weighted by Crippen LogP contribution is 2.04. The molecule has 0 aromatic carbocycles. The van der Waals surface area contributed by atoms with Crippen LogP contribution in [0.15, 0.2) is 20.4 Å². The maximum absolute atomic E-state index is 5.67. The molecule has 4 N–H and O–H groups in total. The van der Waals surface area contributed by atoms with Crippen LogP contribution in [0.3, 0.4) is 0 Å². The zero-order valence-electron chi connectivity index (χ0n) is 13.1. The minimum Gasteiger partial charge on any atom is -0.379 e. The molecule has 0 spiro atoms. The topological polar surface area (TPSA) is 101 Å². The molecule has 0 bridgehead atoms. The van der Waals surface area contributed by atoms with E-state index in [0.29, 0.717) is 11.8 Å². The summed E-state index contributed by atoms with van der Waals surface area (Å²) >= 11 is 0. The lowest BCUT2D eigenvalue weighted by Crippen LogP contribution is -2.30. The molecule has 6 nitrogen and oxygen atoms in total. The van der Waals surface area contributed by atoms with Crippen LogP contribution in [0.2, 0.25) is 0 Å². The van der Waals surface area contributed by atoms with Crippen LogP contribution in [0.4, 0.5) is 0 Å². The summed E-state index contributed by atoms with van der Waals surface area (Å²) in [5.74, 6) is 1.01. The first-order valence-corrected chi connectivity index (χ1v) is 7.32. The highest BCUT2D eigenvalue weighted by Gasteiger charge is 2.01. The smallest absolute Gasteiger partial charge is 0.190 e. The van der Waals surface area contributed by atoms with Crippen LogP contribution in [-0.2, 0) is 0 Å². The molecule has 0 saturated heterocycles. The van der Waals surface area contributed by atoms with E-state index in [2.05, 4.69) is 48.1 Å². The number of rotatable bonds is 8. The fraction of sp³-hybridized carbons (Fsp3) is 0.714. The Morgan fingerprint density at radius 1 is 0.750 bits per heavy atom. The Morgan fingerprint density at radius 3 is 1.30 bits per heavy atom. The maximum Gasteiger partial charge on any atom is 0.190 e. The van der Waals surface area contributed by atoms with Crippen molar-refractivity contribution in [2.75, 3.05) is 0 Å². The van der Waals surface area contributed by atoms with E-state index in [4.69, 9.17) is 11.5 Å². The van der Waals surface area contributed by atoms with Crippen molar-refractivity contribution in [2.24, 2.45) is 43.7 Å². The van der Waals surface area contributed by atoms with Crippen LogP contribution >= 0.6 is 0 Å². The van der Waals surface area contributed by atoms with E-state index in [1.165, 1.54) is 0 Å². The molecule has 0 atom stereocenters. The van der Waals surface area contributed by atoms with Crippen molar-refractivity contribution in [3.05, 3.63) is 0 Å². The van der Waals surface area contributed by atoms with E-state index in [-0.39, 0.29) is 11.7 Å². The second-order valence-electron chi connectivity index (χ2n) is 4.65. The van der Waals surface area contributed by atoms with Crippen molar-refractivity contribution in [2.45, 2.75) is 53.4 Å². The third kappa shape index (κ3) is 7.66. The van der Waals surface area contributed by atoms with Crippen molar-refractivity contribution in [1.82, 2.24) is 0 Å². The molecule has 0 rings (SSSR count). The van der Waals surface area contributed by atoms with E-state index in [1.807, 2.05) is 0 Å². The highest BCUT2D eigenvalue weighted by atomic mass is 15.3. The van der Waals surface area contributed by atoms with Gasteiger partial charge in [0.05, 0.1) is 0 Å². The monoisotopic (exact) mass is 280 g/mol. The van der Waals surface area contributed by atoms with Crippen LogP contribution in [0.25, 0.3) is 0 Å². The molecule has 0 saturated carbocycles. The zero-order chi connectivity index (χ0) is 15.4. The summed E-state index contributed by atoms with van der Waals surface area (Å²) in [4.78, 5) is 0. The normalized spacial score (nSPS) is 14.3. The Morgan fingerprint density at radius 2 is 1.05 bits per heavy atom. The average Bonchev–Trinajstić information content (AvgIpc) is 2.47. The molecule has 6 heteroatoms. The van der Waals surface area contributed by atoms with Crippen molar-refractivity contribution in [3.63, 3.8) is 0 Å². The van der Waals surface area contributed by atoms with Gasteiger partial charge in [-0.1, -0.05) is 27.7 Å². The van der Waals surface area contributed by atoms with Gasteiger partial charge in [-0.3, -0.25) is 0 Å². The van der Waals surface area contributed by atoms with Gasteiger partial charge in [-0.15, -0.1) is 10.2 Å². The van der Waals surface area contributed by atoms with E-state index in [0.717, 1.165) is 25.7 Å². The minimum atomic E-state index is 0.0916. The molecule has 0 heterocycles. The molecular formula is C14H28N6. The summed E-state index contributed by atoms with van der Waals surface area (Å²) in [5, 5.41) is 15.5. The Balaban J connectivity index is 4.56. The van der Waals surface area contributed by atoms with Gasteiger partial charge in [0.1, 0.15) is 0 Å². The first-order chi connectivity index (χ1) is 9.58. The van der Waals surface area contributed by atoms with Gasteiger partial charge >= 0.3 is 0 Å². The predicted octanol–water partition coefficient (Wildman–Crippen LogP) is 2.54. The van der Waals surface area contributed by atoms with Gasteiger partial charge in [0.25, 0.3) is 0 Å². The number of nitrogens with two attached hydrogens (primary N) is 2. The SMILES string of the molecule is CCC(\C=N/N=C(N)/C(N)=N\N=C/C(CC)CC)CC. The maximum atomic E-state index is 5.67. The van der Waals surface area contributed by atoms with Gasteiger partial charge in [-0.25, -0.2) is 0 Å². The molecule has 0 aromatic heterocycles. The van der Waals surface area contributed by atoms with Crippen molar-refractivity contribution < 1.29 is 0 Å². The predicted molar refractivity (Wildman–Crippen MR) is 88.4 cm³/mol. The fourth-order valence-corrected chi connectivity index (χ4v) is 1.48. The average molecular weight is 280 g/mol. The molecular weight excluding hydrogens is 252 g/mol. The summed E-state index contributed by atoms with van der Waals surface area (Å²) in [6.45, 7) is 8.43. The summed E-state index contributed by atoms with van der Waals surface area (Å²) in [5.41, 5.74) is 11.3. The lowest BCUT2D eigenvalue weighted by Gasteiger charge is -2.02. The van der Waals surface area contributed by atoms with Crippen LogP contribution < -0.4 is 11.5 Å². The highest BCUT2D eigenvalue weighted by molar-refractivity contribution is 6.39. The van der Waals surface area contributed by atoms with E-state index < -0.39 is 0 Å². The van der Waals surface area contributed by atoms with Crippen molar-refractivity contribution >= 4 is 24.1 Å². The van der Waals surface area contributed by atoms with Crippen LogP contribution in [0, 0.1) is 11.8 Å². The van der Waals surface area contributed by atoms with Gasteiger partial charge in [-0.2, -0.15) is 10.2 Å². The molecule has 0 amide bonds. The van der Waals surface area contributed by atoms with Crippen molar-refractivity contribution in [3.8, 4) is 0 Å². The molecule has 0 aliphatic carbocycles. The fourth-order valence-electron chi connectivity index (χ4n) is 1.48. The third-order valence-electron chi connectivity index (χ3n) is 3.25. The first kappa shape index (κ1) is 18.3. The zero-order valence-corrected chi connectivity index (χ0v) is 13.1. The van der Waals surface area contributed by atoms with E-state index >= 15 is 0 Å². The van der Waals surface area contributed by atoms with E-state index in [9.17, 15) is 0 Å². The summed E-state index contributed by atoms with van der Waals surface area (Å²) < 4.78 is 0. The quantitative estimate of drug-likeness (QED) is 0.405. The van der Waals surface area contributed by atoms with Gasteiger partial charge in [0.2, 0.25) is 0 Å². The second kappa shape index (κ2) is 11.1. The minimum absolute atomic E-state index is 0.0916. The van der Waals surface area contributed by atoms with Crippen LogP contribution in [0.5, 0.6) is 0 Å². The molecule has 20 heavy (non-hydrogen) atoms. The molecule has 0 aliphatic rings. The van der Waals surface area contributed by atoms with Crippen LogP contribution in [-0.4, -0.2) is 24.1 Å².